The van der Waals surface area contributed by atoms with Crippen molar-refractivity contribution in [2.45, 2.75) is 51.7 Å². The number of benzene rings is 1. The molecule has 0 saturated carbocycles. The van der Waals surface area contributed by atoms with Gasteiger partial charge in [0, 0.05) is 6.04 Å². The zero-order chi connectivity index (χ0) is 16.3. The first-order chi connectivity index (χ1) is 10.3. The van der Waals surface area contributed by atoms with Crippen LogP contribution < -0.4 is 10.3 Å². The summed E-state index contributed by atoms with van der Waals surface area (Å²) in [6, 6.07) is 5.41. The molecule has 0 radical (unpaired) electrons. The number of aliphatic hydroxyl groups is 1. The van der Waals surface area contributed by atoms with Gasteiger partial charge in [0.05, 0.1) is 24.4 Å². The van der Waals surface area contributed by atoms with Crippen LogP contribution in [0.5, 0.6) is 5.75 Å². The van der Waals surface area contributed by atoms with Crippen LogP contribution in [-0.4, -0.2) is 27.4 Å². The van der Waals surface area contributed by atoms with Gasteiger partial charge in [-0.15, -0.1) is 0 Å². The van der Waals surface area contributed by atoms with Crippen molar-refractivity contribution in [3.8, 4) is 5.75 Å². The fourth-order valence-electron chi connectivity index (χ4n) is 2.59. The zero-order valence-corrected chi connectivity index (χ0v) is 13.7. The van der Waals surface area contributed by atoms with Crippen LogP contribution in [0.2, 0.25) is 0 Å². The second kappa shape index (κ2) is 6.48. The number of hydrogen-bond acceptors (Lipinski definition) is 4. The standard InChI is InChI=1S/C17H24N2O3/c1-12(7-6-10-17(2,3)21)19-11-18-15-13(16(19)20)8-5-9-14(15)22-4/h5,8-9,11-12,21H,6-7,10H2,1-4H3. The molecule has 1 aromatic carbocycles. The van der Waals surface area contributed by atoms with Crippen molar-refractivity contribution >= 4 is 10.9 Å². The van der Waals surface area contributed by atoms with Crippen molar-refractivity contribution in [2.75, 3.05) is 7.11 Å². The third-order valence-electron chi connectivity index (χ3n) is 3.88. The highest BCUT2D eigenvalue weighted by atomic mass is 16.5. The molecule has 0 aliphatic rings. The Kier molecular flexibility index (Phi) is 4.86. The van der Waals surface area contributed by atoms with E-state index in [4.69, 9.17) is 4.74 Å². The van der Waals surface area contributed by atoms with Crippen molar-refractivity contribution in [1.82, 2.24) is 9.55 Å². The molecule has 0 fully saturated rings. The minimum atomic E-state index is -0.667. The molecular formula is C17H24N2O3. The maximum atomic E-state index is 12.6. The molecule has 0 amide bonds. The predicted molar refractivity (Wildman–Crippen MR) is 87.4 cm³/mol. The highest BCUT2D eigenvalue weighted by Gasteiger charge is 2.15. The summed E-state index contributed by atoms with van der Waals surface area (Å²) in [6.45, 7) is 5.60. The summed E-state index contributed by atoms with van der Waals surface area (Å²) >= 11 is 0. The molecule has 1 unspecified atom stereocenters. The average molecular weight is 304 g/mol. The van der Waals surface area contributed by atoms with Gasteiger partial charge in [0.25, 0.3) is 5.56 Å². The Labute approximate surface area is 130 Å². The molecule has 1 atom stereocenters. The minimum Gasteiger partial charge on any atom is -0.494 e. The monoisotopic (exact) mass is 304 g/mol. The molecule has 0 saturated heterocycles. The Balaban J connectivity index is 2.25. The van der Waals surface area contributed by atoms with Gasteiger partial charge in [-0.25, -0.2) is 4.98 Å². The molecule has 5 nitrogen and oxygen atoms in total. The van der Waals surface area contributed by atoms with Gasteiger partial charge in [0.2, 0.25) is 0 Å². The number of aromatic nitrogens is 2. The van der Waals surface area contributed by atoms with E-state index in [0.29, 0.717) is 23.1 Å². The van der Waals surface area contributed by atoms with Crippen LogP contribution in [-0.2, 0) is 0 Å². The van der Waals surface area contributed by atoms with Gasteiger partial charge in [0.1, 0.15) is 11.3 Å². The molecule has 0 aliphatic heterocycles. The van der Waals surface area contributed by atoms with Crippen molar-refractivity contribution in [2.24, 2.45) is 0 Å². The lowest BCUT2D eigenvalue weighted by Crippen LogP contribution is -2.24. The lowest BCUT2D eigenvalue weighted by atomic mass is 9.99. The van der Waals surface area contributed by atoms with E-state index in [-0.39, 0.29) is 11.6 Å². The van der Waals surface area contributed by atoms with E-state index >= 15 is 0 Å². The maximum Gasteiger partial charge on any atom is 0.261 e. The van der Waals surface area contributed by atoms with Crippen LogP contribution in [0.3, 0.4) is 0 Å². The smallest absolute Gasteiger partial charge is 0.261 e. The molecule has 2 rings (SSSR count). The number of para-hydroxylation sites is 1. The summed E-state index contributed by atoms with van der Waals surface area (Å²) in [6.07, 6.45) is 3.97. The first kappa shape index (κ1) is 16.5. The zero-order valence-electron chi connectivity index (χ0n) is 13.7. The molecule has 1 heterocycles. The average Bonchev–Trinajstić information content (AvgIpc) is 2.45. The van der Waals surface area contributed by atoms with Gasteiger partial charge in [-0.2, -0.15) is 0 Å². The SMILES string of the molecule is COc1cccc2c(=O)n(C(C)CCCC(C)(C)O)cnc12. The normalized spacial score (nSPS) is 13.3. The Morgan fingerprint density at radius 2 is 2.14 bits per heavy atom. The molecule has 1 N–H and O–H groups in total. The highest BCUT2D eigenvalue weighted by molar-refractivity contribution is 5.83. The van der Waals surface area contributed by atoms with E-state index in [2.05, 4.69) is 4.98 Å². The van der Waals surface area contributed by atoms with Gasteiger partial charge in [0.15, 0.2) is 0 Å². The van der Waals surface area contributed by atoms with Gasteiger partial charge in [-0.3, -0.25) is 9.36 Å². The molecule has 2 aromatic rings. The lowest BCUT2D eigenvalue weighted by molar-refractivity contribution is 0.0671. The summed E-state index contributed by atoms with van der Waals surface area (Å²) in [5, 5.41) is 10.3. The number of methoxy groups -OCH3 is 1. The first-order valence-electron chi connectivity index (χ1n) is 7.60. The van der Waals surface area contributed by atoms with Gasteiger partial charge in [-0.1, -0.05) is 6.07 Å². The quantitative estimate of drug-likeness (QED) is 0.891. The number of hydrogen-bond donors (Lipinski definition) is 1. The van der Waals surface area contributed by atoms with Crippen LogP contribution >= 0.6 is 0 Å². The molecule has 5 heteroatoms. The molecule has 22 heavy (non-hydrogen) atoms. The van der Waals surface area contributed by atoms with Crippen LogP contribution in [0.4, 0.5) is 0 Å². The van der Waals surface area contributed by atoms with Gasteiger partial charge in [-0.05, 0) is 52.2 Å². The number of ether oxygens (including phenoxy) is 1. The highest BCUT2D eigenvalue weighted by Crippen LogP contribution is 2.22. The topological polar surface area (TPSA) is 64.3 Å². The van der Waals surface area contributed by atoms with E-state index in [1.807, 2.05) is 6.92 Å². The van der Waals surface area contributed by atoms with Crippen LogP contribution in [0.25, 0.3) is 10.9 Å². The number of rotatable bonds is 6. The summed E-state index contributed by atoms with van der Waals surface area (Å²) in [5.74, 6) is 0.608. The summed E-state index contributed by atoms with van der Waals surface area (Å²) in [4.78, 5) is 17.0. The van der Waals surface area contributed by atoms with Crippen molar-refractivity contribution in [3.63, 3.8) is 0 Å². The summed E-state index contributed by atoms with van der Waals surface area (Å²) in [5.41, 5.74) is -0.130. The van der Waals surface area contributed by atoms with Crippen molar-refractivity contribution in [1.29, 1.82) is 0 Å². The molecule has 120 valence electrons. The van der Waals surface area contributed by atoms with Crippen molar-refractivity contribution < 1.29 is 9.84 Å². The second-order valence-corrected chi connectivity index (χ2v) is 6.37. The lowest BCUT2D eigenvalue weighted by Gasteiger charge is -2.19. The van der Waals surface area contributed by atoms with Gasteiger partial charge >= 0.3 is 0 Å². The van der Waals surface area contributed by atoms with Crippen LogP contribution in [0.15, 0.2) is 29.3 Å². The Bertz CT molecular complexity index is 701. The largest absolute Gasteiger partial charge is 0.494 e. The minimum absolute atomic E-state index is 0.0398. The molecular weight excluding hydrogens is 280 g/mol. The van der Waals surface area contributed by atoms with E-state index in [0.717, 1.165) is 12.8 Å². The van der Waals surface area contributed by atoms with Gasteiger partial charge < -0.3 is 9.84 Å². The number of nitrogens with zero attached hydrogens (tertiary/aromatic N) is 2. The third-order valence-corrected chi connectivity index (χ3v) is 3.88. The fraction of sp³-hybridized carbons (Fsp3) is 0.529. The van der Waals surface area contributed by atoms with Crippen LogP contribution in [0, 0.1) is 0 Å². The maximum absolute atomic E-state index is 12.6. The molecule has 0 bridgehead atoms. The first-order valence-corrected chi connectivity index (χ1v) is 7.60. The van der Waals surface area contributed by atoms with E-state index in [1.165, 1.54) is 0 Å². The molecule has 0 aliphatic carbocycles. The Hall–Kier alpha value is -1.88. The van der Waals surface area contributed by atoms with E-state index < -0.39 is 5.60 Å². The molecule has 1 aromatic heterocycles. The number of fused-ring (bicyclic) bond motifs is 1. The second-order valence-electron chi connectivity index (χ2n) is 6.37. The third kappa shape index (κ3) is 3.65. The fourth-order valence-corrected chi connectivity index (χ4v) is 2.59. The molecule has 0 spiro atoms. The van der Waals surface area contributed by atoms with Crippen molar-refractivity contribution in [3.05, 3.63) is 34.9 Å². The van der Waals surface area contributed by atoms with E-state index in [9.17, 15) is 9.90 Å². The Morgan fingerprint density at radius 1 is 1.41 bits per heavy atom. The predicted octanol–water partition coefficient (Wildman–Crippen LogP) is 2.91. The Morgan fingerprint density at radius 3 is 2.77 bits per heavy atom. The summed E-state index contributed by atoms with van der Waals surface area (Å²) < 4.78 is 6.91. The van der Waals surface area contributed by atoms with Crippen LogP contribution in [0.1, 0.15) is 46.1 Å². The van der Waals surface area contributed by atoms with E-state index in [1.54, 1.807) is 50.1 Å². The summed E-state index contributed by atoms with van der Waals surface area (Å²) in [7, 11) is 1.57.